The lowest BCUT2D eigenvalue weighted by molar-refractivity contribution is -0.133. The fourth-order valence-electron chi connectivity index (χ4n) is 1.97. The molecule has 1 amide bonds. The van der Waals surface area contributed by atoms with Crippen LogP contribution in [0.4, 0.5) is 0 Å². The molecule has 0 aromatic rings. The van der Waals surface area contributed by atoms with Crippen LogP contribution in [-0.2, 0) is 9.53 Å². The quantitative estimate of drug-likeness (QED) is 0.666. The van der Waals surface area contributed by atoms with Crippen LogP contribution in [0.1, 0.15) is 32.6 Å². The standard InChI is InChI=1S/C11H21NO3/c1-2-15-8-4-6-11(14)12-7-3-5-10(12)9-13/h10,13H,2-9H2,1H3/t10-/m0/s1. The zero-order valence-corrected chi connectivity index (χ0v) is 9.45. The predicted molar refractivity (Wildman–Crippen MR) is 57.5 cm³/mol. The Labute approximate surface area is 91.2 Å². The number of amides is 1. The summed E-state index contributed by atoms with van der Waals surface area (Å²) in [7, 11) is 0. The van der Waals surface area contributed by atoms with Gasteiger partial charge in [0.1, 0.15) is 0 Å². The van der Waals surface area contributed by atoms with Crippen LogP contribution in [0.15, 0.2) is 0 Å². The second-order valence-corrected chi connectivity index (χ2v) is 3.87. The molecular formula is C11H21NO3. The second kappa shape index (κ2) is 6.80. The molecule has 1 fully saturated rings. The Morgan fingerprint density at radius 1 is 1.60 bits per heavy atom. The third-order valence-corrected chi connectivity index (χ3v) is 2.79. The molecule has 0 unspecified atom stereocenters. The van der Waals surface area contributed by atoms with Crippen LogP contribution >= 0.6 is 0 Å². The van der Waals surface area contributed by atoms with E-state index in [1.54, 1.807) is 0 Å². The van der Waals surface area contributed by atoms with Crippen molar-refractivity contribution in [2.45, 2.75) is 38.6 Å². The van der Waals surface area contributed by atoms with Crippen molar-refractivity contribution in [1.29, 1.82) is 0 Å². The Morgan fingerprint density at radius 2 is 2.40 bits per heavy atom. The zero-order valence-electron chi connectivity index (χ0n) is 9.45. The van der Waals surface area contributed by atoms with E-state index in [1.165, 1.54) is 0 Å². The Morgan fingerprint density at radius 3 is 3.07 bits per heavy atom. The van der Waals surface area contributed by atoms with Gasteiger partial charge in [0.2, 0.25) is 5.91 Å². The summed E-state index contributed by atoms with van der Waals surface area (Å²) >= 11 is 0. The third-order valence-electron chi connectivity index (χ3n) is 2.79. The average molecular weight is 215 g/mol. The summed E-state index contributed by atoms with van der Waals surface area (Å²) in [6.07, 6.45) is 3.27. The van der Waals surface area contributed by atoms with Crippen LogP contribution in [0.3, 0.4) is 0 Å². The van der Waals surface area contributed by atoms with Crippen LogP contribution in [0.25, 0.3) is 0 Å². The molecule has 15 heavy (non-hydrogen) atoms. The maximum atomic E-state index is 11.7. The smallest absolute Gasteiger partial charge is 0.222 e. The van der Waals surface area contributed by atoms with Crippen molar-refractivity contribution in [1.82, 2.24) is 4.90 Å². The Hall–Kier alpha value is -0.610. The van der Waals surface area contributed by atoms with Gasteiger partial charge in [-0.05, 0) is 26.2 Å². The van der Waals surface area contributed by atoms with Crippen molar-refractivity contribution < 1.29 is 14.6 Å². The molecular weight excluding hydrogens is 194 g/mol. The van der Waals surface area contributed by atoms with E-state index in [4.69, 9.17) is 9.84 Å². The van der Waals surface area contributed by atoms with E-state index in [2.05, 4.69) is 0 Å². The number of ether oxygens (including phenoxy) is 1. The monoisotopic (exact) mass is 215 g/mol. The molecule has 88 valence electrons. The highest BCUT2D eigenvalue weighted by molar-refractivity contribution is 5.76. The highest BCUT2D eigenvalue weighted by Gasteiger charge is 2.27. The Kier molecular flexibility index (Phi) is 5.65. The summed E-state index contributed by atoms with van der Waals surface area (Å²) in [5.74, 6) is 0.159. The summed E-state index contributed by atoms with van der Waals surface area (Å²) in [4.78, 5) is 13.5. The highest BCUT2D eigenvalue weighted by Crippen LogP contribution is 2.17. The molecule has 1 aliphatic rings. The van der Waals surface area contributed by atoms with Gasteiger partial charge in [-0.25, -0.2) is 0 Å². The average Bonchev–Trinajstić information content (AvgIpc) is 2.72. The largest absolute Gasteiger partial charge is 0.394 e. The predicted octanol–water partition coefficient (Wildman–Crippen LogP) is 0.786. The van der Waals surface area contributed by atoms with E-state index < -0.39 is 0 Å². The van der Waals surface area contributed by atoms with Gasteiger partial charge < -0.3 is 14.7 Å². The lowest BCUT2D eigenvalue weighted by Crippen LogP contribution is -2.37. The molecule has 0 aromatic heterocycles. The first-order chi connectivity index (χ1) is 7.29. The number of carbonyl (C=O) groups is 1. The maximum absolute atomic E-state index is 11.7. The van der Waals surface area contributed by atoms with E-state index in [0.29, 0.717) is 19.6 Å². The Balaban J connectivity index is 2.21. The van der Waals surface area contributed by atoms with Crippen molar-refractivity contribution in [3.8, 4) is 0 Å². The van der Waals surface area contributed by atoms with Crippen LogP contribution in [-0.4, -0.2) is 48.3 Å². The number of likely N-dealkylation sites (tertiary alicyclic amines) is 1. The first-order valence-electron chi connectivity index (χ1n) is 5.77. The molecule has 1 heterocycles. The third kappa shape index (κ3) is 3.80. The molecule has 0 spiro atoms. The minimum absolute atomic E-state index is 0.0598. The normalized spacial score (nSPS) is 20.9. The molecule has 1 rings (SSSR count). The molecule has 1 N–H and O–H groups in total. The molecule has 0 aromatic carbocycles. The van der Waals surface area contributed by atoms with Gasteiger partial charge in [0, 0.05) is 26.2 Å². The minimum Gasteiger partial charge on any atom is -0.394 e. The minimum atomic E-state index is 0.0598. The van der Waals surface area contributed by atoms with E-state index >= 15 is 0 Å². The van der Waals surface area contributed by atoms with Crippen LogP contribution < -0.4 is 0 Å². The number of aliphatic hydroxyl groups excluding tert-OH is 1. The topological polar surface area (TPSA) is 49.8 Å². The molecule has 0 saturated carbocycles. The summed E-state index contributed by atoms with van der Waals surface area (Å²) in [5.41, 5.74) is 0. The first kappa shape index (κ1) is 12.5. The van der Waals surface area contributed by atoms with Gasteiger partial charge in [-0.15, -0.1) is 0 Å². The number of nitrogens with zero attached hydrogens (tertiary/aromatic N) is 1. The van der Waals surface area contributed by atoms with E-state index in [-0.39, 0.29) is 18.6 Å². The van der Waals surface area contributed by atoms with Crippen molar-refractivity contribution in [2.24, 2.45) is 0 Å². The summed E-state index contributed by atoms with van der Waals surface area (Å²) in [6, 6.07) is 0.0598. The van der Waals surface area contributed by atoms with Crippen molar-refractivity contribution in [2.75, 3.05) is 26.4 Å². The molecule has 0 radical (unpaired) electrons. The van der Waals surface area contributed by atoms with E-state index in [9.17, 15) is 4.79 Å². The van der Waals surface area contributed by atoms with Crippen LogP contribution in [0.5, 0.6) is 0 Å². The number of hydrogen-bond acceptors (Lipinski definition) is 3. The van der Waals surface area contributed by atoms with Crippen LogP contribution in [0.2, 0.25) is 0 Å². The molecule has 4 heteroatoms. The van der Waals surface area contributed by atoms with Crippen molar-refractivity contribution in [3.05, 3.63) is 0 Å². The summed E-state index contributed by atoms with van der Waals surface area (Å²) in [6.45, 7) is 4.21. The van der Waals surface area contributed by atoms with Crippen LogP contribution in [0, 0.1) is 0 Å². The summed E-state index contributed by atoms with van der Waals surface area (Å²) in [5, 5.41) is 9.08. The number of aliphatic hydroxyl groups is 1. The number of carbonyl (C=O) groups excluding carboxylic acids is 1. The molecule has 0 bridgehead atoms. The fourth-order valence-corrected chi connectivity index (χ4v) is 1.97. The lowest BCUT2D eigenvalue weighted by Gasteiger charge is -2.22. The molecule has 0 aliphatic carbocycles. The Bertz CT molecular complexity index is 196. The van der Waals surface area contributed by atoms with Gasteiger partial charge in [0.15, 0.2) is 0 Å². The van der Waals surface area contributed by atoms with Gasteiger partial charge in [-0.1, -0.05) is 0 Å². The first-order valence-corrected chi connectivity index (χ1v) is 5.77. The maximum Gasteiger partial charge on any atom is 0.222 e. The second-order valence-electron chi connectivity index (χ2n) is 3.87. The summed E-state index contributed by atoms with van der Waals surface area (Å²) < 4.78 is 5.18. The van der Waals surface area contributed by atoms with E-state index in [1.807, 2.05) is 11.8 Å². The van der Waals surface area contributed by atoms with Crippen molar-refractivity contribution in [3.63, 3.8) is 0 Å². The van der Waals surface area contributed by atoms with Gasteiger partial charge in [-0.3, -0.25) is 4.79 Å². The molecule has 1 atom stereocenters. The molecule has 1 saturated heterocycles. The zero-order chi connectivity index (χ0) is 11.1. The number of rotatable bonds is 6. The fraction of sp³-hybridized carbons (Fsp3) is 0.909. The van der Waals surface area contributed by atoms with Gasteiger partial charge >= 0.3 is 0 Å². The highest BCUT2D eigenvalue weighted by atomic mass is 16.5. The van der Waals surface area contributed by atoms with Gasteiger partial charge in [-0.2, -0.15) is 0 Å². The molecule has 1 aliphatic heterocycles. The van der Waals surface area contributed by atoms with Crippen molar-refractivity contribution >= 4 is 5.91 Å². The SMILES string of the molecule is CCOCCCC(=O)N1CCC[C@H]1CO. The van der Waals surface area contributed by atoms with Gasteiger partial charge in [0.05, 0.1) is 12.6 Å². The number of hydrogen-bond donors (Lipinski definition) is 1. The van der Waals surface area contributed by atoms with Gasteiger partial charge in [0.25, 0.3) is 0 Å². The van der Waals surface area contributed by atoms with E-state index in [0.717, 1.165) is 25.8 Å². The molecule has 4 nitrogen and oxygen atoms in total. The lowest BCUT2D eigenvalue weighted by atomic mass is 10.2.